The molecule has 1 saturated heterocycles. The monoisotopic (exact) mass is 349 g/mol. The highest BCUT2D eigenvalue weighted by molar-refractivity contribution is 7.89. The van der Waals surface area contributed by atoms with Crippen LogP contribution in [-0.4, -0.2) is 50.8 Å². The number of benzene rings is 1. The summed E-state index contributed by atoms with van der Waals surface area (Å²) < 4.78 is 25.1. The number of carbonyl (C=O) groups excluding carboxylic acids is 1. The van der Waals surface area contributed by atoms with Gasteiger partial charge in [-0.05, 0) is 37.4 Å². The molecular weight excluding hydrogens is 326 g/mol. The number of sulfonamides is 1. The number of nitrogens with zero attached hydrogens (tertiary/aromatic N) is 1. The van der Waals surface area contributed by atoms with Gasteiger partial charge in [0.15, 0.2) is 0 Å². The number of nitrogens with one attached hydrogen (secondary N) is 2. The van der Waals surface area contributed by atoms with Crippen LogP contribution < -0.4 is 10.0 Å². The molecule has 2 aliphatic heterocycles. The Kier molecular flexibility index (Phi) is 4.91. The van der Waals surface area contributed by atoms with Crippen molar-refractivity contribution in [3.8, 4) is 0 Å². The van der Waals surface area contributed by atoms with Gasteiger partial charge in [0.05, 0.1) is 11.8 Å². The van der Waals surface area contributed by atoms with Crippen LogP contribution in [0.5, 0.6) is 0 Å². The molecule has 2 bridgehead atoms. The smallest absolute Gasteiger partial charge is 0.318 e. The van der Waals surface area contributed by atoms with Gasteiger partial charge >= 0.3 is 6.03 Å². The summed E-state index contributed by atoms with van der Waals surface area (Å²) >= 11 is 0. The van der Waals surface area contributed by atoms with Crippen LogP contribution in [-0.2, 0) is 10.0 Å². The summed E-state index contributed by atoms with van der Waals surface area (Å²) in [6, 6.07) is 10.4. The minimum absolute atomic E-state index is 0.0971. The number of rotatable bonds is 5. The van der Waals surface area contributed by atoms with E-state index in [2.05, 4.69) is 28.2 Å². The number of hydrogen-bond donors (Lipinski definition) is 2. The molecule has 7 heteroatoms. The SMILES string of the molecule is CNS(=O)(=O)CCNC(=O)N1C2C=C(c3ccccc3)CC1CC2. The lowest BCUT2D eigenvalue weighted by Gasteiger charge is -2.34. The van der Waals surface area contributed by atoms with Gasteiger partial charge in [0, 0.05) is 12.6 Å². The summed E-state index contributed by atoms with van der Waals surface area (Å²) in [6.45, 7) is 0.118. The fourth-order valence-electron chi connectivity index (χ4n) is 3.50. The molecule has 2 atom stereocenters. The van der Waals surface area contributed by atoms with Gasteiger partial charge in [-0.15, -0.1) is 0 Å². The van der Waals surface area contributed by atoms with E-state index < -0.39 is 10.0 Å². The third-order valence-corrected chi connectivity index (χ3v) is 6.10. The lowest BCUT2D eigenvalue weighted by molar-refractivity contribution is 0.180. The van der Waals surface area contributed by atoms with Gasteiger partial charge in [-0.2, -0.15) is 0 Å². The van der Waals surface area contributed by atoms with E-state index in [0.29, 0.717) is 0 Å². The summed E-state index contributed by atoms with van der Waals surface area (Å²) in [4.78, 5) is 14.3. The van der Waals surface area contributed by atoms with Crippen molar-refractivity contribution < 1.29 is 13.2 Å². The Morgan fingerprint density at radius 2 is 2.00 bits per heavy atom. The largest absolute Gasteiger partial charge is 0.337 e. The molecule has 0 radical (unpaired) electrons. The minimum atomic E-state index is -3.30. The van der Waals surface area contributed by atoms with Gasteiger partial charge in [0.2, 0.25) is 10.0 Å². The van der Waals surface area contributed by atoms with E-state index in [1.165, 1.54) is 18.2 Å². The van der Waals surface area contributed by atoms with Crippen LogP contribution in [0.4, 0.5) is 4.79 Å². The van der Waals surface area contributed by atoms with Crippen LogP contribution >= 0.6 is 0 Å². The molecule has 2 unspecified atom stereocenters. The van der Waals surface area contributed by atoms with Gasteiger partial charge < -0.3 is 10.2 Å². The maximum absolute atomic E-state index is 12.4. The van der Waals surface area contributed by atoms with E-state index in [9.17, 15) is 13.2 Å². The second kappa shape index (κ2) is 6.94. The zero-order valence-corrected chi connectivity index (χ0v) is 14.6. The average Bonchev–Trinajstić information content (AvgIpc) is 2.85. The predicted octanol–water partition coefficient (Wildman–Crippen LogP) is 1.57. The first kappa shape index (κ1) is 17.0. The topological polar surface area (TPSA) is 78.5 Å². The highest BCUT2D eigenvalue weighted by atomic mass is 32.2. The normalized spacial score (nSPS) is 23.0. The molecule has 1 aromatic carbocycles. The maximum atomic E-state index is 12.4. The van der Waals surface area contributed by atoms with Crippen molar-refractivity contribution in [3.63, 3.8) is 0 Å². The van der Waals surface area contributed by atoms with Gasteiger partial charge in [-0.1, -0.05) is 36.4 Å². The minimum Gasteiger partial charge on any atom is -0.337 e. The third-order valence-electron chi connectivity index (χ3n) is 4.73. The van der Waals surface area contributed by atoms with Gasteiger partial charge in [0.25, 0.3) is 0 Å². The summed E-state index contributed by atoms with van der Waals surface area (Å²) in [5.74, 6) is -0.108. The summed E-state index contributed by atoms with van der Waals surface area (Å²) in [5, 5.41) is 2.74. The quantitative estimate of drug-likeness (QED) is 0.847. The fourth-order valence-corrected chi connectivity index (χ4v) is 4.07. The molecule has 0 aromatic heterocycles. The number of amides is 2. The zero-order chi connectivity index (χ0) is 17.2. The molecule has 24 heavy (non-hydrogen) atoms. The lowest BCUT2D eigenvalue weighted by atomic mass is 9.95. The van der Waals surface area contributed by atoms with Crippen LogP contribution in [0.2, 0.25) is 0 Å². The first-order chi connectivity index (χ1) is 11.5. The Morgan fingerprint density at radius 3 is 2.67 bits per heavy atom. The first-order valence-corrected chi connectivity index (χ1v) is 9.89. The third kappa shape index (κ3) is 3.62. The van der Waals surface area contributed by atoms with Crippen molar-refractivity contribution in [1.82, 2.24) is 14.9 Å². The maximum Gasteiger partial charge on any atom is 0.318 e. The summed E-state index contributed by atoms with van der Waals surface area (Å²) in [7, 11) is -1.92. The van der Waals surface area contributed by atoms with E-state index in [1.54, 1.807) is 0 Å². The van der Waals surface area contributed by atoms with E-state index >= 15 is 0 Å². The van der Waals surface area contributed by atoms with Crippen LogP contribution in [0.25, 0.3) is 5.57 Å². The van der Waals surface area contributed by atoms with Gasteiger partial charge in [0.1, 0.15) is 0 Å². The molecule has 6 nitrogen and oxygen atoms in total. The Morgan fingerprint density at radius 1 is 1.25 bits per heavy atom. The van der Waals surface area contributed by atoms with Crippen LogP contribution in [0.15, 0.2) is 36.4 Å². The lowest BCUT2D eigenvalue weighted by Crippen LogP contribution is -2.49. The summed E-state index contributed by atoms with van der Waals surface area (Å²) in [5.41, 5.74) is 2.51. The first-order valence-electron chi connectivity index (χ1n) is 8.23. The molecule has 0 saturated carbocycles. The van der Waals surface area contributed by atoms with Crippen molar-refractivity contribution in [2.75, 3.05) is 19.3 Å². The highest BCUT2D eigenvalue weighted by Gasteiger charge is 2.39. The number of hydrogen-bond acceptors (Lipinski definition) is 3. The molecule has 0 aliphatic carbocycles. The van der Waals surface area contributed by atoms with Crippen LogP contribution in [0.1, 0.15) is 24.8 Å². The Labute approximate surface area is 143 Å². The van der Waals surface area contributed by atoms with E-state index in [-0.39, 0.29) is 30.4 Å². The second-order valence-corrected chi connectivity index (χ2v) is 8.27. The van der Waals surface area contributed by atoms with Crippen molar-refractivity contribution in [2.45, 2.75) is 31.3 Å². The fraction of sp³-hybridized carbons (Fsp3) is 0.471. The molecule has 1 fully saturated rings. The van der Waals surface area contributed by atoms with Crippen LogP contribution in [0.3, 0.4) is 0 Å². The molecule has 2 aliphatic rings. The molecule has 3 rings (SSSR count). The predicted molar refractivity (Wildman–Crippen MR) is 93.9 cm³/mol. The molecule has 1 aromatic rings. The van der Waals surface area contributed by atoms with E-state index in [1.807, 2.05) is 23.1 Å². The molecule has 2 heterocycles. The van der Waals surface area contributed by atoms with E-state index in [0.717, 1.165) is 19.3 Å². The zero-order valence-electron chi connectivity index (χ0n) is 13.7. The number of carbonyl (C=O) groups is 1. The van der Waals surface area contributed by atoms with Gasteiger partial charge in [-0.3, -0.25) is 0 Å². The van der Waals surface area contributed by atoms with Crippen LogP contribution in [0, 0.1) is 0 Å². The Bertz CT molecular complexity index is 731. The van der Waals surface area contributed by atoms with E-state index in [4.69, 9.17) is 0 Å². The molecular formula is C17H23N3O3S. The van der Waals surface area contributed by atoms with Crippen molar-refractivity contribution in [2.24, 2.45) is 0 Å². The molecule has 2 N–H and O–H groups in total. The van der Waals surface area contributed by atoms with Crippen molar-refractivity contribution >= 4 is 21.6 Å². The van der Waals surface area contributed by atoms with Gasteiger partial charge in [-0.25, -0.2) is 17.9 Å². The van der Waals surface area contributed by atoms with Crippen molar-refractivity contribution in [3.05, 3.63) is 42.0 Å². The standard InChI is InChI=1S/C17H23N3O3S/c1-18-24(22,23)10-9-19-17(21)20-15-7-8-16(20)12-14(11-15)13-5-3-2-4-6-13/h2-6,11,15-16,18H,7-10,12H2,1H3,(H,19,21). The molecule has 0 spiro atoms. The van der Waals surface area contributed by atoms with Crippen molar-refractivity contribution in [1.29, 1.82) is 0 Å². The highest BCUT2D eigenvalue weighted by Crippen LogP contribution is 2.38. The Hall–Kier alpha value is -1.86. The summed E-state index contributed by atoms with van der Waals surface area (Å²) in [6.07, 6.45) is 4.98. The second-order valence-electron chi connectivity index (χ2n) is 6.22. The number of fused-ring (bicyclic) bond motifs is 2. The molecule has 130 valence electrons. The average molecular weight is 349 g/mol. The Balaban J connectivity index is 1.64. The number of urea groups is 1. The molecule has 2 amide bonds.